The van der Waals surface area contributed by atoms with Gasteiger partial charge in [0.2, 0.25) is 0 Å². The molecule has 1 aromatic rings. The van der Waals surface area contributed by atoms with Crippen LogP contribution in [0.25, 0.3) is 0 Å². The van der Waals surface area contributed by atoms with Crippen molar-refractivity contribution < 1.29 is 29.3 Å². The van der Waals surface area contributed by atoms with Gasteiger partial charge in [0.15, 0.2) is 0 Å². The van der Waals surface area contributed by atoms with Crippen molar-refractivity contribution in [3.8, 4) is 5.75 Å². The van der Waals surface area contributed by atoms with Crippen LogP contribution in [-0.2, 0) is 19.1 Å². The van der Waals surface area contributed by atoms with Crippen LogP contribution in [0.2, 0.25) is 25.7 Å². The van der Waals surface area contributed by atoms with Crippen LogP contribution >= 0.6 is 0 Å². The zero-order valence-electron chi connectivity index (χ0n) is 15.2. The summed E-state index contributed by atoms with van der Waals surface area (Å²) in [5, 5.41) is 19.5. The Hall–Kier alpha value is -2.15. The number of fused-ring (bicyclic) bond motifs is 2. The van der Waals surface area contributed by atoms with Gasteiger partial charge in [0.1, 0.15) is 11.5 Å². The number of carboxylic acids is 1. The third kappa shape index (κ3) is 3.27. The number of phenols is 1. The Morgan fingerprint density at radius 2 is 1.88 bits per heavy atom. The molecule has 140 valence electrons. The summed E-state index contributed by atoms with van der Waals surface area (Å²) < 4.78 is 5.44. The normalized spacial score (nSPS) is 27.1. The van der Waals surface area contributed by atoms with E-state index in [2.05, 4.69) is 19.6 Å². The van der Waals surface area contributed by atoms with Gasteiger partial charge < -0.3 is 14.9 Å². The van der Waals surface area contributed by atoms with Crippen LogP contribution in [0.1, 0.15) is 29.4 Å². The molecule has 0 spiro atoms. The fourth-order valence-corrected chi connectivity index (χ4v) is 4.84. The van der Waals surface area contributed by atoms with E-state index in [0.29, 0.717) is 5.56 Å². The van der Waals surface area contributed by atoms with E-state index in [9.17, 15) is 24.6 Å². The van der Waals surface area contributed by atoms with Crippen LogP contribution < -0.4 is 0 Å². The Balaban J connectivity index is 1.93. The minimum Gasteiger partial charge on any atom is -0.508 e. The summed E-state index contributed by atoms with van der Waals surface area (Å²) in [6, 6.07) is 5.45. The molecule has 3 aliphatic carbocycles. The van der Waals surface area contributed by atoms with E-state index >= 15 is 0 Å². The second-order valence-corrected chi connectivity index (χ2v) is 14.1. The average molecular weight is 376 g/mol. The molecule has 1 saturated carbocycles. The lowest BCUT2D eigenvalue weighted by atomic mass is 9.55. The standard InChI is InChI=1S/C19H24O6Si/c1-26(2,3)7-6-25-19(24)16-13-9-14(21)15(17(16)18(22)23)12-8-10(20)4-5-11(12)13/h4-5,8,13,15-17,20H,6-7,9H2,1-3H3,(H,22,23)/t13?,15-,16-,17+/m1/s1. The van der Waals surface area contributed by atoms with Gasteiger partial charge in [-0.2, -0.15) is 0 Å². The number of rotatable bonds is 5. The van der Waals surface area contributed by atoms with Gasteiger partial charge in [-0.15, -0.1) is 0 Å². The van der Waals surface area contributed by atoms with E-state index in [-0.39, 0.29) is 24.6 Å². The van der Waals surface area contributed by atoms with Gasteiger partial charge in [-0.05, 0) is 29.3 Å². The number of hydrogen-bond acceptors (Lipinski definition) is 5. The predicted octanol–water partition coefficient (Wildman–Crippen LogP) is 2.74. The Kier molecular flexibility index (Phi) is 4.68. The number of aliphatic carboxylic acids is 1. The molecule has 6 nitrogen and oxygen atoms in total. The van der Waals surface area contributed by atoms with Crippen molar-refractivity contribution in [3.63, 3.8) is 0 Å². The number of phenolic OH excluding ortho intramolecular Hbond substituents is 1. The quantitative estimate of drug-likeness (QED) is 0.605. The summed E-state index contributed by atoms with van der Waals surface area (Å²) in [4.78, 5) is 37.1. The van der Waals surface area contributed by atoms with Crippen molar-refractivity contribution >= 4 is 25.8 Å². The second kappa shape index (κ2) is 6.54. The number of aromatic hydroxyl groups is 1. The lowest BCUT2D eigenvalue weighted by Gasteiger charge is -2.45. The highest BCUT2D eigenvalue weighted by Crippen LogP contribution is 2.55. The molecule has 1 unspecified atom stereocenters. The molecule has 0 aliphatic heterocycles. The molecule has 4 rings (SSSR count). The van der Waals surface area contributed by atoms with Gasteiger partial charge in [0.05, 0.1) is 24.4 Å². The highest BCUT2D eigenvalue weighted by atomic mass is 28.3. The van der Waals surface area contributed by atoms with Crippen molar-refractivity contribution in [1.29, 1.82) is 0 Å². The molecule has 1 aromatic carbocycles. The van der Waals surface area contributed by atoms with Gasteiger partial charge >= 0.3 is 11.9 Å². The van der Waals surface area contributed by atoms with E-state index in [0.717, 1.165) is 11.6 Å². The molecule has 0 amide bonds. The Morgan fingerprint density at radius 3 is 2.50 bits per heavy atom. The molecule has 7 heteroatoms. The molecule has 2 bridgehead atoms. The van der Waals surface area contributed by atoms with Crippen LogP contribution in [0.5, 0.6) is 5.75 Å². The molecular formula is C19H24O6Si. The Morgan fingerprint density at radius 1 is 1.19 bits per heavy atom. The maximum Gasteiger partial charge on any atom is 0.310 e. The van der Waals surface area contributed by atoms with Crippen LogP contribution in [0.4, 0.5) is 0 Å². The van der Waals surface area contributed by atoms with Gasteiger partial charge in [0.25, 0.3) is 0 Å². The maximum atomic E-state index is 12.7. The molecule has 4 atom stereocenters. The third-order valence-electron chi connectivity index (χ3n) is 5.41. The zero-order chi connectivity index (χ0) is 19.2. The van der Waals surface area contributed by atoms with E-state index in [1.807, 2.05) is 0 Å². The second-order valence-electron chi connectivity index (χ2n) is 8.44. The average Bonchev–Trinajstić information content (AvgIpc) is 2.52. The molecule has 1 fully saturated rings. The molecule has 2 N–H and O–H groups in total. The highest BCUT2D eigenvalue weighted by molar-refractivity contribution is 6.76. The number of carbonyl (C=O) groups is 3. The Labute approximate surface area is 153 Å². The monoisotopic (exact) mass is 376 g/mol. The topological polar surface area (TPSA) is 101 Å². The summed E-state index contributed by atoms with van der Waals surface area (Å²) in [6.45, 7) is 6.80. The largest absolute Gasteiger partial charge is 0.508 e. The minimum atomic E-state index is -1.38. The summed E-state index contributed by atoms with van der Waals surface area (Å²) >= 11 is 0. The number of carboxylic acid groups (broad SMARTS) is 1. The summed E-state index contributed by atoms with van der Waals surface area (Å²) in [5.41, 5.74) is 1.31. The molecule has 0 radical (unpaired) electrons. The number of esters is 1. The third-order valence-corrected chi connectivity index (χ3v) is 7.11. The highest BCUT2D eigenvalue weighted by Gasteiger charge is 2.57. The first kappa shape index (κ1) is 18.6. The fourth-order valence-electron chi connectivity index (χ4n) is 4.13. The van der Waals surface area contributed by atoms with Crippen molar-refractivity contribution in [2.45, 2.75) is 43.9 Å². The first-order valence-electron chi connectivity index (χ1n) is 8.85. The molecule has 0 saturated heterocycles. The fraction of sp³-hybridized carbons (Fsp3) is 0.526. The lowest BCUT2D eigenvalue weighted by Crippen LogP contribution is -2.50. The van der Waals surface area contributed by atoms with Crippen LogP contribution in [0.3, 0.4) is 0 Å². The van der Waals surface area contributed by atoms with E-state index in [1.54, 1.807) is 6.07 Å². The summed E-state index contributed by atoms with van der Waals surface area (Å²) in [5.74, 6) is -5.33. The van der Waals surface area contributed by atoms with Gasteiger partial charge in [-0.1, -0.05) is 25.7 Å². The summed E-state index contributed by atoms with van der Waals surface area (Å²) in [6.07, 6.45) is 0.139. The van der Waals surface area contributed by atoms with E-state index in [1.165, 1.54) is 12.1 Å². The van der Waals surface area contributed by atoms with Crippen molar-refractivity contribution in [2.24, 2.45) is 11.8 Å². The van der Waals surface area contributed by atoms with Gasteiger partial charge in [-0.25, -0.2) is 0 Å². The predicted molar refractivity (Wildman–Crippen MR) is 96.9 cm³/mol. The summed E-state index contributed by atoms with van der Waals surface area (Å²) in [7, 11) is -1.38. The molecule has 26 heavy (non-hydrogen) atoms. The number of carbonyl (C=O) groups excluding carboxylic acids is 2. The molecule has 3 aliphatic rings. The van der Waals surface area contributed by atoms with E-state index < -0.39 is 43.7 Å². The number of benzene rings is 1. The number of ketones is 1. The van der Waals surface area contributed by atoms with Crippen LogP contribution in [0.15, 0.2) is 18.2 Å². The number of Topliss-reactive ketones (excluding diaryl/α,β-unsaturated/α-hetero) is 1. The molecule has 0 aromatic heterocycles. The van der Waals surface area contributed by atoms with Gasteiger partial charge in [-0.3, -0.25) is 14.4 Å². The van der Waals surface area contributed by atoms with E-state index in [4.69, 9.17) is 4.74 Å². The van der Waals surface area contributed by atoms with Crippen LogP contribution in [0, 0.1) is 11.8 Å². The Bertz CT molecular complexity index is 766. The molecule has 0 heterocycles. The SMILES string of the molecule is C[Si](C)(C)CCOC(=O)[C@@H]1C2CC(=O)[C@@H](c3cc(O)ccc32)[C@@H]1C(=O)O. The first-order chi connectivity index (χ1) is 12.1. The van der Waals surface area contributed by atoms with Crippen molar-refractivity contribution in [1.82, 2.24) is 0 Å². The minimum absolute atomic E-state index is 0.0116. The molecular weight excluding hydrogens is 352 g/mol. The van der Waals surface area contributed by atoms with Crippen molar-refractivity contribution in [2.75, 3.05) is 6.61 Å². The smallest absolute Gasteiger partial charge is 0.310 e. The first-order valence-corrected chi connectivity index (χ1v) is 12.6. The maximum absolute atomic E-state index is 12.7. The lowest BCUT2D eigenvalue weighted by molar-refractivity contribution is -0.164. The number of hydrogen-bond donors (Lipinski definition) is 2. The number of ether oxygens (including phenoxy) is 1. The zero-order valence-corrected chi connectivity index (χ0v) is 16.2. The van der Waals surface area contributed by atoms with Gasteiger partial charge in [0, 0.05) is 20.4 Å². The van der Waals surface area contributed by atoms with Crippen LogP contribution in [-0.4, -0.2) is 42.6 Å². The van der Waals surface area contributed by atoms with Crippen molar-refractivity contribution in [3.05, 3.63) is 29.3 Å².